The molecule has 0 aliphatic heterocycles. The molecule has 18 heavy (non-hydrogen) atoms. The molecular formula is C14H24O4. The van der Waals surface area contributed by atoms with Crippen LogP contribution < -0.4 is 0 Å². The third-order valence-electron chi connectivity index (χ3n) is 2.24. The number of allylic oxidation sites excluding steroid dienone is 1. The van der Waals surface area contributed by atoms with Gasteiger partial charge in [-0.25, -0.2) is 0 Å². The predicted octanol–water partition coefficient (Wildman–Crippen LogP) is 3.17. The summed E-state index contributed by atoms with van der Waals surface area (Å²) in [6.45, 7) is 7.18. The first-order valence-electron chi connectivity index (χ1n) is 6.33. The number of carboxylic acids is 1. The standard InChI is InChI=1S/C14H24O4/c1-11(13(16)17)9-7-5-6-8-10-12(15)18-14(2,3)4/h7,9,11H,5-6,8,10H2,1-4H3,(H,16,17). The largest absolute Gasteiger partial charge is 0.481 e. The Bertz CT molecular complexity index is 299. The molecule has 0 aromatic rings. The Balaban J connectivity index is 3.63. The molecule has 0 aromatic carbocycles. The average molecular weight is 256 g/mol. The van der Waals surface area contributed by atoms with Crippen LogP contribution >= 0.6 is 0 Å². The lowest BCUT2D eigenvalue weighted by molar-refractivity contribution is -0.155. The molecule has 1 atom stereocenters. The maximum Gasteiger partial charge on any atom is 0.310 e. The van der Waals surface area contributed by atoms with Crippen LogP contribution in [0.2, 0.25) is 0 Å². The first-order chi connectivity index (χ1) is 8.22. The second-order valence-corrected chi connectivity index (χ2v) is 5.39. The number of rotatable bonds is 7. The Kier molecular flexibility index (Phi) is 7.32. The highest BCUT2D eigenvalue weighted by Crippen LogP contribution is 2.11. The van der Waals surface area contributed by atoms with Crippen LogP contribution in [-0.2, 0) is 14.3 Å². The van der Waals surface area contributed by atoms with E-state index in [0.717, 1.165) is 19.3 Å². The third-order valence-corrected chi connectivity index (χ3v) is 2.24. The zero-order valence-corrected chi connectivity index (χ0v) is 11.7. The zero-order chi connectivity index (χ0) is 14.2. The molecule has 0 heterocycles. The Hall–Kier alpha value is -1.32. The number of hydrogen-bond donors (Lipinski definition) is 1. The summed E-state index contributed by atoms with van der Waals surface area (Å²) in [4.78, 5) is 21.9. The Morgan fingerprint density at radius 3 is 2.39 bits per heavy atom. The van der Waals surface area contributed by atoms with Crippen LogP contribution in [0.25, 0.3) is 0 Å². The van der Waals surface area contributed by atoms with Gasteiger partial charge in [0.2, 0.25) is 0 Å². The van der Waals surface area contributed by atoms with Crippen molar-refractivity contribution >= 4 is 11.9 Å². The quantitative estimate of drug-likeness (QED) is 0.431. The molecule has 0 rings (SSSR count). The molecule has 0 saturated heterocycles. The molecule has 0 radical (unpaired) electrons. The van der Waals surface area contributed by atoms with E-state index in [1.54, 1.807) is 13.0 Å². The van der Waals surface area contributed by atoms with Gasteiger partial charge in [0, 0.05) is 6.42 Å². The van der Waals surface area contributed by atoms with Crippen LogP contribution in [0.15, 0.2) is 12.2 Å². The number of carbonyl (C=O) groups is 2. The van der Waals surface area contributed by atoms with E-state index in [-0.39, 0.29) is 5.97 Å². The summed E-state index contributed by atoms with van der Waals surface area (Å²) < 4.78 is 5.18. The van der Waals surface area contributed by atoms with Crippen LogP contribution in [0, 0.1) is 5.92 Å². The van der Waals surface area contributed by atoms with Crippen molar-refractivity contribution in [3.63, 3.8) is 0 Å². The van der Waals surface area contributed by atoms with Crippen molar-refractivity contribution in [2.75, 3.05) is 0 Å². The van der Waals surface area contributed by atoms with E-state index >= 15 is 0 Å². The molecule has 0 amide bonds. The normalized spacial score (nSPS) is 13.6. The van der Waals surface area contributed by atoms with Gasteiger partial charge in [-0.15, -0.1) is 0 Å². The van der Waals surface area contributed by atoms with Gasteiger partial charge in [-0.1, -0.05) is 12.2 Å². The van der Waals surface area contributed by atoms with Crippen LogP contribution in [0.5, 0.6) is 0 Å². The summed E-state index contributed by atoms with van der Waals surface area (Å²) in [7, 11) is 0. The molecular weight excluding hydrogens is 232 g/mol. The van der Waals surface area contributed by atoms with Gasteiger partial charge >= 0.3 is 11.9 Å². The summed E-state index contributed by atoms with van der Waals surface area (Å²) in [6, 6.07) is 0. The second-order valence-electron chi connectivity index (χ2n) is 5.39. The number of hydrogen-bond acceptors (Lipinski definition) is 3. The number of carbonyl (C=O) groups excluding carboxylic acids is 1. The molecule has 1 unspecified atom stereocenters. The highest BCUT2D eigenvalue weighted by molar-refractivity contribution is 5.71. The first kappa shape index (κ1) is 16.7. The van der Waals surface area contributed by atoms with Crippen molar-refractivity contribution in [3.8, 4) is 0 Å². The summed E-state index contributed by atoms with van der Waals surface area (Å²) in [5.41, 5.74) is -0.423. The van der Waals surface area contributed by atoms with E-state index in [2.05, 4.69) is 0 Å². The van der Waals surface area contributed by atoms with Gasteiger partial charge < -0.3 is 9.84 Å². The van der Waals surface area contributed by atoms with Crippen molar-refractivity contribution in [2.45, 2.75) is 59.0 Å². The molecule has 4 nitrogen and oxygen atoms in total. The zero-order valence-electron chi connectivity index (χ0n) is 11.7. The fourth-order valence-electron chi connectivity index (χ4n) is 1.31. The Morgan fingerprint density at radius 1 is 1.28 bits per heavy atom. The maximum absolute atomic E-state index is 11.4. The fraction of sp³-hybridized carbons (Fsp3) is 0.714. The molecule has 104 valence electrons. The highest BCUT2D eigenvalue weighted by Gasteiger charge is 2.15. The summed E-state index contributed by atoms with van der Waals surface area (Å²) in [6.07, 6.45) is 6.37. The van der Waals surface area contributed by atoms with Gasteiger partial charge in [-0.05, 0) is 47.0 Å². The minimum atomic E-state index is -0.819. The smallest absolute Gasteiger partial charge is 0.310 e. The summed E-state index contributed by atoms with van der Waals surface area (Å²) in [5.74, 6) is -1.44. The maximum atomic E-state index is 11.4. The molecule has 4 heteroatoms. The lowest BCUT2D eigenvalue weighted by Gasteiger charge is -2.19. The highest BCUT2D eigenvalue weighted by atomic mass is 16.6. The van der Waals surface area contributed by atoms with Crippen LogP contribution in [0.4, 0.5) is 0 Å². The van der Waals surface area contributed by atoms with Crippen molar-refractivity contribution in [2.24, 2.45) is 5.92 Å². The lowest BCUT2D eigenvalue weighted by Crippen LogP contribution is -2.23. The Morgan fingerprint density at radius 2 is 1.89 bits per heavy atom. The molecule has 1 N–H and O–H groups in total. The first-order valence-corrected chi connectivity index (χ1v) is 6.33. The van der Waals surface area contributed by atoms with Crippen molar-refractivity contribution in [1.82, 2.24) is 0 Å². The van der Waals surface area contributed by atoms with E-state index in [4.69, 9.17) is 9.84 Å². The molecule has 0 spiro atoms. The number of carboxylic acid groups (broad SMARTS) is 1. The van der Waals surface area contributed by atoms with Crippen molar-refractivity contribution < 1.29 is 19.4 Å². The predicted molar refractivity (Wildman–Crippen MR) is 70.3 cm³/mol. The fourth-order valence-corrected chi connectivity index (χ4v) is 1.31. The van der Waals surface area contributed by atoms with Gasteiger partial charge in [0.05, 0.1) is 5.92 Å². The van der Waals surface area contributed by atoms with Crippen LogP contribution in [0.1, 0.15) is 53.4 Å². The van der Waals surface area contributed by atoms with E-state index in [1.807, 2.05) is 26.8 Å². The number of esters is 1. The molecule has 0 saturated carbocycles. The van der Waals surface area contributed by atoms with E-state index in [9.17, 15) is 9.59 Å². The average Bonchev–Trinajstić information content (AvgIpc) is 2.19. The molecule has 0 fully saturated rings. The summed E-state index contributed by atoms with van der Waals surface area (Å²) in [5, 5.41) is 8.65. The summed E-state index contributed by atoms with van der Waals surface area (Å²) >= 11 is 0. The SMILES string of the molecule is CC(C=CCCCCC(=O)OC(C)(C)C)C(=O)O. The van der Waals surface area contributed by atoms with E-state index < -0.39 is 17.5 Å². The van der Waals surface area contributed by atoms with Gasteiger partial charge in [-0.3, -0.25) is 9.59 Å². The van der Waals surface area contributed by atoms with Crippen LogP contribution in [-0.4, -0.2) is 22.6 Å². The Labute approximate surface area is 109 Å². The second kappa shape index (κ2) is 7.90. The van der Waals surface area contributed by atoms with E-state index in [1.165, 1.54) is 0 Å². The minimum Gasteiger partial charge on any atom is -0.481 e. The lowest BCUT2D eigenvalue weighted by atomic mass is 10.1. The topological polar surface area (TPSA) is 63.6 Å². The van der Waals surface area contributed by atoms with Gasteiger partial charge in [0.25, 0.3) is 0 Å². The molecule has 0 aromatic heterocycles. The number of aliphatic carboxylic acids is 1. The number of unbranched alkanes of at least 4 members (excludes halogenated alkanes) is 2. The monoisotopic (exact) mass is 256 g/mol. The molecule has 0 aliphatic carbocycles. The van der Waals surface area contributed by atoms with Gasteiger partial charge in [0.1, 0.15) is 5.60 Å². The van der Waals surface area contributed by atoms with Crippen molar-refractivity contribution in [3.05, 3.63) is 12.2 Å². The van der Waals surface area contributed by atoms with Gasteiger partial charge in [0.15, 0.2) is 0 Å². The van der Waals surface area contributed by atoms with Crippen LogP contribution in [0.3, 0.4) is 0 Å². The molecule has 0 bridgehead atoms. The number of ether oxygens (including phenoxy) is 1. The third kappa shape index (κ3) is 9.87. The minimum absolute atomic E-state index is 0.176. The van der Waals surface area contributed by atoms with Crippen molar-refractivity contribution in [1.29, 1.82) is 0 Å². The van der Waals surface area contributed by atoms with E-state index in [0.29, 0.717) is 6.42 Å². The molecule has 0 aliphatic rings. The van der Waals surface area contributed by atoms with Gasteiger partial charge in [-0.2, -0.15) is 0 Å².